The van der Waals surface area contributed by atoms with Crippen molar-refractivity contribution in [3.8, 4) is 0 Å². The summed E-state index contributed by atoms with van der Waals surface area (Å²) in [4.78, 5) is 20.2. The van der Waals surface area contributed by atoms with E-state index in [0.29, 0.717) is 6.33 Å². The molecule has 0 spiro atoms. The molecule has 1 aromatic rings. The Labute approximate surface area is 74.9 Å². The van der Waals surface area contributed by atoms with Crippen LogP contribution in [0.3, 0.4) is 0 Å². The molecule has 0 aliphatic carbocycles. The minimum Gasteiger partial charge on any atom is -0.262 e. The van der Waals surface area contributed by atoms with Crippen LogP contribution < -0.4 is 0 Å². The Hall–Kier alpha value is -1.80. The van der Waals surface area contributed by atoms with Gasteiger partial charge in [0.1, 0.15) is 0 Å². The first-order valence-corrected chi connectivity index (χ1v) is 3.43. The normalized spacial score (nSPS) is 8.77. The van der Waals surface area contributed by atoms with Crippen molar-refractivity contribution in [1.82, 2.24) is 4.98 Å². The summed E-state index contributed by atoms with van der Waals surface area (Å²) in [6, 6.07) is 3.57. The zero-order valence-corrected chi connectivity index (χ0v) is 7.03. The maximum absolute atomic E-state index is 11.6. The number of rotatable bonds is 1. The fourth-order valence-electron chi connectivity index (χ4n) is 0.744. The lowest BCUT2D eigenvalue weighted by molar-refractivity contribution is -0.191. The number of hydrogen-bond acceptors (Lipinski definition) is 3. The molecule has 0 radical (unpaired) electrons. The zero-order valence-electron chi connectivity index (χ0n) is 7.03. The summed E-state index contributed by atoms with van der Waals surface area (Å²) in [6.45, 7) is 1.87. The topological polar surface area (TPSA) is 47.0 Å². The fourth-order valence-corrected chi connectivity index (χ4v) is 0.744. The van der Waals surface area contributed by atoms with Gasteiger partial charge in [0, 0.05) is 11.9 Å². The van der Waals surface area contributed by atoms with Gasteiger partial charge in [0.2, 0.25) is 0 Å². The van der Waals surface area contributed by atoms with Crippen LogP contribution in [0.25, 0.3) is 6.08 Å². The van der Waals surface area contributed by atoms with E-state index in [4.69, 9.17) is 9.59 Å². The van der Waals surface area contributed by atoms with Gasteiger partial charge in [-0.05, 0) is 30.7 Å². The van der Waals surface area contributed by atoms with Crippen molar-refractivity contribution >= 4 is 12.2 Å². The molecule has 0 bridgehead atoms. The summed E-state index contributed by atoms with van der Waals surface area (Å²) >= 11 is 0. The van der Waals surface area contributed by atoms with E-state index in [9.17, 15) is 4.39 Å². The van der Waals surface area contributed by atoms with Crippen molar-refractivity contribution in [2.45, 2.75) is 6.92 Å². The number of aryl methyl sites for hydroxylation is 1. The van der Waals surface area contributed by atoms with E-state index >= 15 is 0 Å². The highest BCUT2D eigenvalue weighted by atomic mass is 19.1. The zero-order chi connectivity index (χ0) is 10.1. The number of hydrogen-bond donors (Lipinski definition) is 0. The highest BCUT2D eigenvalue weighted by molar-refractivity contribution is 5.47. The third kappa shape index (κ3) is 5.47. The molecule has 0 amide bonds. The molecule has 3 nitrogen and oxygen atoms in total. The summed E-state index contributed by atoms with van der Waals surface area (Å²) < 4.78 is 11.6. The second-order valence-corrected chi connectivity index (χ2v) is 2.11. The second kappa shape index (κ2) is 6.88. The Bertz CT molecular complexity index is 317. The van der Waals surface area contributed by atoms with E-state index in [2.05, 4.69) is 4.98 Å². The number of aromatic nitrogens is 1. The third-order valence-electron chi connectivity index (χ3n) is 1.18. The molecule has 1 heterocycles. The predicted molar refractivity (Wildman–Crippen MR) is 44.1 cm³/mol. The third-order valence-corrected chi connectivity index (χ3v) is 1.18. The average Bonchev–Trinajstić information content (AvgIpc) is 2.06. The van der Waals surface area contributed by atoms with Gasteiger partial charge in [-0.2, -0.15) is 9.59 Å². The molecule has 0 aliphatic rings. The molecule has 0 atom stereocenters. The maximum atomic E-state index is 11.6. The largest absolute Gasteiger partial charge is 0.373 e. The van der Waals surface area contributed by atoms with Crippen LogP contribution in [0.5, 0.6) is 0 Å². The number of pyridine rings is 1. The van der Waals surface area contributed by atoms with Crippen molar-refractivity contribution in [3.63, 3.8) is 0 Å². The monoisotopic (exact) mass is 181 g/mol. The number of nitrogens with zero attached hydrogens (tertiary/aromatic N) is 1. The van der Waals surface area contributed by atoms with Crippen LogP contribution in [0.15, 0.2) is 24.7 Å². The van der Waals surface area contributed by atoms with Crippen molar-refractivity contribution in [2.75, 3.05) is 0 Å². The van der Waals surface area contributed by atoms with E-state index < -0.39 is 0 Å². The summed E-state index contributed by atoms with van der Waals surface area (Å²) in [5.74, 6) is 0. The van der Waals surface area contributed by atoms with E-state index in [-0.39, 0.29) is 6.15 Å². The molecule has 0 aromatic carbocycles. The molecule has 0 N–H and O–H groups in total. The molecule has 0 saturated heterocycles. The van der Waals surface area contributed by atoms with Crippen LogP contribution in [0, 0.1) is 6.92 Å². The summed E-state index contributed by atoms with van der Waals surface area (Å²) in [7, 11) is 0. The van der Waals surface area contributed by atoms with Crippen LogP contribution in [-0.2, 0) is 9.59 Å². The standard InChI is InChI=1S/C8H8FN.CO2/c1-7-6-8(2-4-9)3-5-10-7;2-1-3/h2-6H,1H3;/b4-2-;. The van der Waals surface area contributed by atoms with Crippen LogP contribution in [0.2, 0.25) is 0 Å². The summed E-state index contributed by atoms with van der Waals surface area (Å²) in [5.41, 5.74) is 1.74. The number of carbonyl (C=O) groups excluding carboxylic acids is 2. The molecule has 4 heteroatoms. The van der Waals surface area contributed by atoms with Gasteiger partial charge in [0.15, 0.2) is 0 Å². The average molecular weight is 181 g/mol. The van der Waals surface area contributed by atoms with Crippen molar-refractivity contribution in [2.24, 2.45) is 0 Å². The van der Waals surface area contributed by atoms with E-state index in [1.165, 1.54) is 6.08 Å². The van der Waals surface area contributed by atoms with E-state index in [0.717, 1.165) is 11.3 Å². The lowest BCUT2D eigenvalue weighted by Gasteiger charge is -1.91. The molecule has 68 valence electrons. The molecule has 0 unspecified atom stereocenters. The van der Waals surface area contributed by atoms with Crippen LogP contribution in [0.1, 0.15) is 11.3 Å². The van der Waals surface area contributed by atoms with Crippen LogP contribution >= 0.6 is 0 Å². The first-order chi connectivity index (χ1) is 6.24. The SMILES string of the molecule is Cc1cc(/C=C\F)ccn1.O=C=O. The van der Waals surface area contributed by atoms with Crippen LogP contribution in [-0.4, -0.2) is 11.1 Å². The quantitative estimate of drug-likeness (QED) is 0.663. The van der Waals surface area contributed by atoms with Gasteiger partial charge < -0.3 is 0 Å². The molecule has 0 saturated carbocycles. The molecule has 1 aromatic heterocycles. The van der Waals surface area contributed by atoms with Gasteiger partial charge in [0.25, 0.3) is 0 Å². The minimum atomic E-state index is 0.250. The van der Waals surface area contributed by atoms with Gasteiger partial charge in [-0.15, -0.1) is 0 Å². The molecule has 1 rings (SSSR count). The van der Waals surface area contributed by atoms with Gasteiger partial charge in [0.05, 0.1) is 6.33 Å². The number of halogens is 1. The van der Waals surface area contributed by atoms with Crippen molar-refractivity contribution in [3.05, 3.63) is 35.9 Å². The predicted octanol–water partition coefficient (Wildman–Crippen LogP) is 1.75. The Morgan fingerprint density at radius 2 is 2.15 bits per heavy atom. The van der Waals surface area contributed by atoms with E-state index in [1.807, 2.05) is 13.0 Å². The first-order valence-electron chi connectivity index (χ1n) is 3.43. The lowest BCUT2D eigenvalue weighted by Crippen LogP contribution is -1.79. The maximum Gasteiger partial charge on any atom is 0.373 e. The highest BCUT2D eigenvalue weighted by Gasteiger charge is 1.86. The smallest absolute Gasteiger partial charge is 0.262 e. The summed E-state index contributed by atoms with van der Waals surface area (Å²) in [6.07, 6.45) is 3.83. The van der Waals surface area contributed by atoms with Gasteiger partial charge >= 0.3 is 6.15 Å². The van der Waals surface area contributed by atoms with Crippen molar-refractivity contribution < 1.29 is 14.0 Å². The Kier molecular flexibility index (Phi) is 5.93. The van der Waals surface area contributed by atoms with Crippen LogP contribution in [0.4, 0.5) is 4.39 Å². The van der Waals surface area contributed by atoms with Gasteiger partial charge in [-0.25, -0.2) is 4.39 Å². The lowest BCUT2D eigenvalue weighted by atomic mass is 10.2. The molecular formula is C9H8FNO2. The van der Waals surface area contributed by atoms with Gasteiger partial charge in [-0.3, -0.25) is 4.98 Å². The molecular weight excluding hydrogens is 173 g/mol. The summed E-state index contributed by atoms with van der Waals surface area (Å²) in [5, 5.41) is 0. The molecule has 0 fully saturated rings. The first kappa shape index (κ1) is 11.2. The molecule has 0 aliphatic heterocycles. The minimum absolute atomic E-state index is 0.250. The van der Waals surface area contributed by atoms with Gasteiger partial charge in [-0.1, -0.05) is 0 Å². The fraction of sp³-hybridized carbons (Fsp3) is 0.111. The second-order valence-electron chi connectivity index (χ2n) is 2.11. The van der Waals surface area contributed by atoms with Crippen molar-refractivity contribution in [1.29, 1.82) is 0 Å². The molecule has 13 heavy (non-hydrogen) atoms. The Morgan fingerprint density at radius 3 is 2.62 bits per heavy atom. The highest BCUT2D eigenvalue weighted by Crippen LogP contribution is 2.02. The van der Waals surface area contributed by atoms with E-state index in [1.54, 1.807) is 12.3 Å². The Morgan fingerprint density at radius 1 is 1.54 bits per heavy atom. The Balaban J connectivity index is 0.000000424.